The van der Waals surface area contributed by atoms with Crippen molar-refractivity contribution < 1.29 is 26.7 Å². The molecule has 100 valence electrons. The fourth-order valence-electron chi connectivity index (χ4n) is 1.37. The maximum Gasteiger partial charge on any atom is 0.401 e. The van der Waals surface area contributed by atoms with Crippen molar-refractivity contribution in [3.63, 3.8) is 0 Å². The third kappa shape index (κ3) is 4.40. The number of carbonyl (C=O) groups excluding carboxylic acids is 1. The molecule has 0 bridgehead atoms. The Bertz CT molecular complexity index is 444. The molecule has 18 heavy (non-hydrogen) atoms. The van der Waals surface area contributed by atoms with E-state index in [9.17, 15) is 26.7 Å². The molecule has 0 aliphatic heterocycles. The van der Waals surface area contributed by atoms with E-state index in [1.165, 1.54) is 0 Å². The monoisotopic (exact) mass is 267 g/mol. The number of hydrogen-bond acceptors (Lipinski definition) is 2. The van der Waals surface area contributed by atoms with E-state index < -0.39 is 36.7 Å². The van der Waals surface area contributed by atoms with Crippen LogP contribution in [0, 0.1) is 11.6 Å². The molecular weight excluding hydrogens is 257 g/mol. The highest BCUT2D eigenvalue weighted by atomic mass is 19.4. The number of nitrogens with zero attached hydrogens (tertiary/aromatic N) is 1. The summed E-state index contributed by atoms with van der Waals surface area (Å²) < 4.78 is 61.5. The van der Waals surface area contributed by atoms with Crippen molar-refractivity contribution in [1.82, 2.24) is 4.90 Å². The summed E-state index contributed by atoms with van der Waals surface area (Å²) in [5.41, 5.74) is -0.164. The molecule has 0 aliphatic carbocycles. The Morgan fingerprint density at radius 3 is 2.33 bits per heavy atom. The van der Waals surface area contributed by atoms with Crippen molar-refractivity contribution in [2.45, 2.75) is 6.18 Å². The molecule has 0 heterocycles. The fraction of sp³-hybridized carbons (Fsp3) is 0.364. The lowest BCUT2D eigenvalue weighted by molar-refractivity contribution is -0.141. The van der Waals surface area contributed by atoms with Crippen LogP contribution in [-0.2, 0) is 0 Å². The number of likely N-dealkylation sites (N-methyl/N-ethyl adjacent to an activating group) is 1. The van der Waals surface area contributed by atoms with Gasteiger partial charge in [0, 0.05) is 5.56 Å². The highest BCUT2D eigenvalue weighted by molar-refractivity contribution is 5.97. The van der Waals surface area contributed by atoms with Crippen molar-refractivity contribution >= 4 is 5.78 Å². The van der Waals surface area contributed by atoms with Gasteiger partial charge in [-0.2, -0.15) is 13.2 Å². The normalized spacial score (nSPS) is 11.9. The summed E-state index contributed by atoms with van der Waals surface area (Å²) in [4.78, 5) is 12.3. The van der Waals surface area contributed by atoms with Gasteiger partial charge in [-0.3, -0.25) is 9.69 Å². The second-order valence-corrected chi connectivity index (χ2v) is 3.84. The largest absolute Gasteiger partial charge is 0.401 e. The average molecular weight is 267 g/mol. The SMILES string of the molecule is CN(CC(=O)c1ccc(F)c(F)c1)CC(F)(F)F. The lowest BCUT2D eigenvalue weighted by Crippen LogP contribution is -2.34. The lowest BCUT2D eigenvalue weighted by Gasteiger charge is -2.17. The maximum absolute atomic E-state index is 12.8. The van der Waals surface area contributed by atoms with Gasteiger partial charge in [0.15, 0.2) is 17.4 Å². The van der Waals surface area contributed by atoms with Gasteiger partial charge >= 0.3 is 6.18 Å². The molecule has 0 aromatic heterocycles. The van der Waals surface area contributed by atoms with Crippen LogP contribution >= 0.6 is 0 Å². The molecule has 0 aliphatic rings. The van der Waals surface area contributed by atoms with Gasteiger partial charge < -0.3 is 0 Å². The van der Waals surface area contributed by atoms with Crippen LogP contribution < -0.4 is 0 Å². The number of benzene rings is 1. The molecule has 2 nitrogen and oxygen atoms in total. The first-order chi connectivity index (χ1) is 8.19. The van der Waals surface area contributed by atoms with Crippen LogP contribution in [0.4, 0.5) is 22.0 Å². The molecule has 0 fully saturated rings. The van der Waals surface area contributed by atoms with Crippen LogP contribution in [0.1, 0.15) is 10.4 Å². The minimum absolute atomic E-state index is 0.164. The zero-order chi connectivity index (χ0) is 13.9. The molecule has 0 amide bonds. The zero-order valence-electron chi connectivity index (χ0n) is 9.39. The van der Waals surface area contributed by atoms with E-state index in [4.69, 9.17) is 0 Å². The summed E-state index contributed by atoms with van der Waals surface area (Å²) >= 11 is 0. The Kier molecular flexibility index (Phi) is 4.39. The van der Waals surface area contributed by atoms with Crippen LogP contribution in [-0.4, -0.2) is 37.0 Å². The second-order valence-electron chi connectivity index (χ2n) is 3.84. The van der Waals surface area contributed by atoms with Crippen molar-refractivity contribution in [1.29, 1.82) is 0 Å². The van der Waals surface area contributed by atoms with Crippen molar-refractivity contribution in [2.24, 2.45) is 0 Å². The van der Waals surface area contributed by atoms with E-state index in [1.54, 1.807) is 0 Å². The number of ketones is 1. The highest BCUT2D eigenvalue weighted by Crippen LogP contribution is 2.16. The Morgan fingerprint density at radius 1 is 1.22 bits per heavy atom. The Hall–Kier alpha value is -1.50. The summed E-state index contributed by atoms with van der Waals surface area (Å²) in [5.74, 6) is -3.03. The standard InChI is InChI=1S/C11H10F5NO/c1-17(6-11(14,15)16)5-10(18)7-2-3-8(12)9(13)4-7/h2-4H,5-6H2,1H3. The van der Waals surface area contributed by atoms with Gasteiger partial charge in [0.05, 0.1) is 13.1 Å². The predicted molar refractivity (Wildman–Crippen MR) is 54.2 cm³/mol. The van der Waals surface area contributed by atoms with Gasteiger partial charge in [0.25, 0.3) is 0 Å². The molecule has 0 unspecified atom stereocenters. The molecule has 7 heteroatoms. The van der Waals surface area contributed by atoms with Gasteiger partial charge in [0.1, 0.15) is 0 Å². The third-order valence-electron chi connectivity index (χ3n) is 2.10. The molecule has 1 aromatic carbocycles. The fourth-order valence-corrected chi connectivity index (χ4v) is 1.37. The van der Waals surface area contributed by atoms with Crippen molar-refractivity contribution in [3.8, 4) is 0 Å². The van der Waals surface area contributed by atoms with Gasteiger partial charge in [-0.1, -0.05) is 0 Å². The summed E-state index contributed by atoms with van der Waals surface area (Å²) in [6, 6.07) is 2.45. The summed E-state index contributed by atoms with van der Waals surface area (Å²) in [5, 5.41) is 0. The summed E-state index contributed by atoms with van der Waals surface area (Å²) in [6.07, 6.45) is -4.41. The van der Waals surface area contributed by atoms with Crippen molar-refractivity contribution in [2.75, 3.05) is 20.1 Å². The minimum Gasteiger partial charge on any atom is -0.293 e. The number of rotatable bonds is 4. The second kappa shape index (κ2) is 5.43. The molecule has 0 radical (unpaired) electrons. The Labute approximate surface area is 100 Å². The Balaban J connectivity index is 2.68. The number of carbonyl (C=O) groups is 1. The van der Waals surface area contributed by atoms with Crippen LogP contribution in [0.25, 0.3) is 0 Å². The first kappa shape index (κ1) is 14.6. The molecule has 1 aromatic rings. The number of alkyl halides is 3. The van der Waals surface area contributed by atoms with Gasteiger partial charge in [0.2, 0.25) is 0 Å². The first-order valence-electron chi connectivity index (χ1n) is 4.92. The van der Waals surface area contributed by atoms with E-state index in [-0.39, 0.29) is 5.56 Å². The highest BCUT2D eigenvalue weighted by Gasteiger charge is 2.29. The number of hydrogen-bond donors (Lipinski definition) is 0. The maximum atomic E-state index is 12.8. The van der Waals surface area contributed by atoms with E-state index in [0.717, 1.165) is 24.1 Å². The molecule has 0 saturated heterocycles. The molecule has 0 N–H and O–H groups in total. The molecule has 0 atom stereocenters. The van der Waals surface area contributed by atoms with Crippen LogP contribution in [0.15, 0.2) is 18.2 Å². The van der Waals surface area contributed by atoms with Crippen LogP contribution in [0.5, 0.6) is 0 Å². The van der Waals surface area contributed by atoms with Gasteiger partial charge in [-0.15, -0.1) is 0 Å². The first-order valence-corrected chi connectivity index (χ1v) is 4.92. The smallest absolute Gasteiger partial charge is 0.293 e. The quantitative estimate of drug-likeness (QED) is 0.617. The minimum atomic E-state index is -4.41. The third-order valence-corrected chi connectivity index (χ3v) is 2.10. The van der Waals surface area contributed by atoms with Crippen LogP contribution in [0.3, 0.4) is 0 Å². The molecular formula is C11H10F5NO. The zero-order valence-corrected chi connectivity index (χ0v) is 9.39. The average Bonchev–Trinajstić information content (AvgIpc) is 2.18. The van der Waals surface area contributed by atoms with Gasteiger partial charge in [-0.05, 0) is 25.2 Å². The van der Waals surface area contributed by atoms with Crippen molar-refractivity contribution in [3.05, 3.63) is 35.4 Å². The van der Waals surface area contributed by atoms with E-state index >= 15 is 0 Å². The molecule has 0 spiro atoms. The topological polar surface area (TPSA) is 20.3 Å². The number of Topliss-reactive ketones (excluding diaryl/α,β-unsaturated/α-hetero) is 1. The molecule has 0 saturated carbocycles. The Morgan fingerprint density at radius 2 is 1.83 bits per heavy atom. The van der Waals surface area contributed by atoms with E-state index in [2.05, 4.69) is 0 Å². The summed E-state index contributed by atoms with van der Waals surface area (Å²) in [6.45, 7) is -1.77. The van der Waals surface area contributed by atoms with E-state index in [0.29, 0.717) is 6.07 Å². The predicted octanol–water partition coefficient (Wildman–Crippen LogP) is 2.64. The summed E-state index contributed by atoms with van der Waals surface area (Å²) in [7, 11) is 1.12. The number of halogens is 5. The van der Waals surface area contributed by atoms with E-state index in [1.807, 2.05) is 0 Å². The van der Waals surface area contributed by atoms with Gasteiger partial charge in [-0.25, -0.2) is 8.78 Å². The van der Waals surface area contributed by atoms with Crippen LogP contribution in [0.2, 0.25) is 0 Å². The molecule has 1 rings (SSSR count). The lowest BCUT2D eigenvalue weighted by atomic mass is 10.1.